The lowest BCUT2D eigenvalue weighted by atomic mass is 9.98. The van der Waals surface area contributed by atoms with E-state index < -0.39 is 0 Å². The molecule has 0 saturated carbocycles. The molecule has 0 aromatic heterocycles. The van der Waals surface area contributed by atoms with Crippen LogP contribution in [0, 0.1) is 12.8 Å². The van der Waals surface area contributed by atoms with Gasteiger partial charge in [-0.05, 0) is 30.5 Å². The zero-order valence-corrected chi connectivity index (χ0v) is 10.2. The van der Waals surface area contributed by atoms with E-state index in [4.69, 9.17) is 5.73 Å². The fourth-order valence-electron chi connectivity index (χ4n) is 1.64. The number of carbonyl (C=O) groups is 1. The van der Waals surface area contributed by atoms with E-state index in [1.165, 1.54) is 0 Å². The van der Waals surface area contributed by atoms with E-state index in [1.807, 2.05) is 38.1 Å². The van der Waals surface area contributed by atoms with E-state index in [-0.39, 0.29) is 17.9 Å². The van der Waals surface area contributed by atoms with E-state index in [9.17, 15) is 4.79 Å². The number of carbonyl (C=O) groups excluding carboxylic acids is 1. The summed E-state index contributed by atoms with van der Waals surface area (Å²) in [5.74, 6) is -0.0612. The first-order valence-electron chi connectivity index (χ1n) is 5.67. The number of nitrogens with two attached hydrogens (primary N) is 1. The lowest BCUT2D eigenvalue weighted by Gasteiger charge is -2.22. The molecule has 1 rings (SSSR count). The highest BCUT2D eigenvalue weighted by atomic mass is 16.1. The summed E-state index contributed by atoms with van der Waals surface area (Å²) in [4.78, 5) is 11.3. The first kappa shape index (κ1) is 12.6. The third-order valence-corrected chi connectivity index (χ3v) is 2.86. The SMILES string of the molecule is CCC(C)C(Nc1cccc(C)c1)C(N)=O. The largest absolute Gasteiger partial charge is 0.373 e. The molecule has 0 heterocycles. The predicted molar refractivity (Wildman–Crippen MR) is 67.2 cm³/mol. The zero-order valence-electron chi connectivity index (χ0n) is 10.2. The van der Waals surface area contributed by atoms with Crippen LogP contribution >= 0.6 is 0 Å². The Hall–Kier alpha value is -1.51. The highest BCUT2D eigenvalue weighted by Crippen LogP contribution is 2.16. The minimum absolute atomic E-state index is 0.234. The molecule has 1 aromatic rings. The van der Waals surface area contributed by atoms with Gasteiger partial charge in [0.15, 0.2) is 0 Å². The number of primary amides is 1. The summed E-state index contributed by atoms with van der Waals surface area (Å²) in [5.41, 5.74) is 7.51. The highest BCUT2D eigenvalue weighted by molar-refractivity contribution is 5.83. The van der Waals surface area contributed by atoms with Crippen LogP contribution in [0.2, 0.25) is 0 Å². The third-order valence-electron chi connectivity index (χ3n) is 2.86. The summed E-state index contributed by atoms with van der Waals surface area (Å²) in [5, 5.41) is 3.20. The van der Waals surface area contributed by atoms with Gasteiger partial charge in [-0.1, -0.05) is 32.4 Å². The average molecular weight is 220 g/mol. The fraction of sp³-hybridized carbons (Fsp3) is 0.462. The smallest absolute Gasteiger partial charge is 0.240 e. The molecule has 1 aromatic carbocycles. The van der Waals surface area contributed by atoms with Gasteiger partial charge in [0.1, 0.15) is 6.04 Å². The number of amides is 1. The van der Waals surface area contributed by atoms with E-state index in [1.54, 1.807) is 0 Å². The second-order valence-electron chi connectivity index (χ2n) is 4.28. The molecule has 88 valence electrons. The summed E-state index contributed by atoms with van der Waals surface area (Å²) >= 11 is 0. The maximum absolute atomic E-state index is 11.3. The van der Waals surface area contributed by atoms with Gasteiger partial charge in [0.2, 0.25) is 5.91 Å². The molecule has 0 saturated heterocycles. The van der Waals surface area contributed by atoms with Crippen molar-refractivity contribution in [2.45, 2.75) is 33.2 Å². The number of hydrogen-bond donors (Lipinski definition) is 2. The van der Waals surface area contributed by atoms with Crippen molar-refractivity contribution in [3.8, 4) is 0 Å². The first-order chi connectivity index (χ1) is 7.54. The van der Waals surface area contributed by atoms with Crippen LogP contribution in [0.1, 0.15) is 25.8 Å². The molecule has 2 unspecified atom stereocenters. The van der Waals surface area contributed by atoms with Crippen molar-refractivity contribution in [1.29, 1.82) is 0 Å². The third kappa shape index (κ3) is 3.26. The summed E-state index contributed by atoms with van der Waals surface area (Å²) in [7, 11) is 0. The molecule has 3 nitrogen and oxygen atoms in total. The minimum Gasteiger partial charge on any atom is -0.373 e. The van der Waals surface area contributed by atoms with Crippen LogP contribution in [0.3, 0.4) is 0 Å². The maximum Gasteiger partial charge on any atom is 0.240 e. The molecule has 0 spiro atoms. The Labute approximate surface area is 97.0 Å². The molecular weight excluding hydrogens is 200 g/mol. The Kier molecular flexibility index (Phi) is 4.35. The fourth-order valence-corrected chi connectivity index (χ4v) is 1.64. The summed E-state index contributed by atoms with van der Waals surface area (Å²) in [6, 6.07) is 7.65. The van der Waals surface area contributed by atoms with Crippen molar-refractivity contribution in [1.82, 2.24) is 0 Å². The van der Waals surface area contributed by atoms with Gasteiger partial charge >= 0.3 is 0 Å². The molecule has 0 aliphatic heterocycles. The molecule has 0 aliphatic carbocycles. The number of aryl methyl sites for hydroxylation is 1. The first-order valence-corrected chi connectivity index (χ1v) is 5.67. The van der Waals surface area contributed by atoms with Crippen LogP contribution in [0.25, 0.3) is 0 Å². The van der Waals surface area contributed by atoms with Gasteiger partial charge in [-0.15, -0.1) is 0 Å². The predicted octanol–water partition coefficient (Wildman–Crippen LogP) is 2.31. The van der Waals surface area contributed by atoms with Crippen LogP contribution in [0.4, 0.5) is 5.69 Å². The van der Waals surface area contributed by atoms with Crippen LogP contribution in [0.5, 0.6) is 0 Å². The van der Waals surface area contributed by atoms with Crippen molar-refractivity contribution in [3.63, 3.8) is 0 Å². The minimum atomic E-state index is -0.299. The second kappa shape index (κ2) is 5.54. The lowest BCUT2D eigenvalue weighted by Crippen LogP contribution is -2.40. The Balaban J connectivity index is 2.79. The quantitative estimate of drug-likeness (QED) is 0.800. The van der Waals surface area contributed by atoms with Crippen molar-refractivity contribution in [2.75, 3.05) is 5.32 Å². The average Bonchev–Trinajstić information content (AvgIpc) is 2.24. The molecule has 0 aliphatic rings. The summed E-state index contributed by atoms with van der Waals surface area (Å²) in [6.45, 7) is 6.10. The van der Waals surface area contributed by atoms with Crippen LogP contribution in [-0.4, -0.2) is 11.9 Å². The van der Waals surface area contributed by atoms with Crippen LogP contribution in [0.15, 0.2) is 24.3 Å². The Bertz CT molecular complexity index is 363. The van der Waals surface area contributed by atoms with Crippen molar-refractivity contribution in [2.24, 2.45) is 11.7 Å². The maximum atomic E-state index is 11.3. The van der Waals surface area contributed by atoms with Crippen LogP contribution in [-0.2, 0) is 4.79 Å². The van der Waals surface area contributed by atoms with E-state index >= 15 is 0 Å². The lowest BCUT2D eigenvalue weighted by molar-refractivity contribution is -0.119. The van der Waals surface area contributed by atoms with Crippen molar-refractivity contribution >= 4 is 11.6 Å². The number of benzene rings is 1. The van der Waals surface area contributed by atoms with Gasteiger partial charge in [0.25, 0.3) is 0 Å². The van der Waals surface area contributed by atoms with Crippen molar-refractivity contribution in [3.05, 3.63) is 29.8 Å². The van der Waals surface area contributed by atoms with E-state index in [0.29, 0.717) is 0 Å². The summed E-state index contributed by atoms with van der Waals surface area (Å²) in [6.07, 6.45) is 0.923. The topological polar surface area (TPSA) is 55.1 Å². The van der Waals surface area contributed by atoms with Crippen molar-refractivity contribution < 1.29 is 4.79 Å². The van der Waals surface area contributed by atoms with Gasteiger partial charge in [0.05, 0.1) is 0 Å². The Morgan fingerprint density at radius 1 is 1.50 bits per heavy atom. The number of anilines is 1. The Morgan fingerprint density at radius 2 is 2.19 bits per heavy atom. The van der Waals surface area contributed by atoms with Gasteiger partial charge in [-0.2, -0.15) is 0 Å². The zero-order chi connectivity index (χ0) is 12.1. The normalized spacial score (nSPS) is 14.2. The second-order valence-corrected chi connectivity index (χ2v) is 4.28. The van der Waals surface area contributed by atoms with Gasteiger partial charge in [0, 0.05) is 5.69 Å². The molecule has 3 heteroatoms. The number of rotatable bonds is 5. The summed E-state index contributed by atoms with van der Waals surface area (Å²) < 4.78 is 0. The van der Waals surface area contributed by atoms with Gasteiger partial charge < -0.3 is 11.1 Å². The molecule has 1 amide bonds. The molecule has 0 radical (unpaired) electrons. The van der Waals surface area contributed by atoms with E-state index in [0.717, 1.165) is 17.7 Å². The van der Waals surface area contributed by atoms with Gasteiger partial charge in [-0.25, -0.2) is 0 Å². The molecule has 16 heavy (non-hydrogen) atoms. The monoisotopic (exact) mass is 220 g/mol. The number of nitrogens with one attached hydrogen (secondary N) is 1. The molecule has 0 bridgehead atoms. The molecule has 2 atom stereocenters. The van der Waals surface area contributed by atoms with Crippen LogP contribution < -0.4 is 11.1 Å². The molecular formula is C13H20N2O. The molecule has 0 fully saturated rings. The Morgan fingerprint density at radius 3 is 2.69 bits per heavy atom. The number of hydrogen-bond acceptors (Lipinski definition) is 2. The highest BCUT2D eigenvalue weighted by Gasteiger charge is 2.21. The standard InChI is InChI=1S/C13H20N2O/c1-4-10(3)12(13(14)16)15-11-7-5-6-9(2)8-11/h5-8,10,12,15H,4H2,1-3H3,(H2,14,16). The molecule has 3 N–H and O–H groups in total. The van der Waals surface area contributed by atoms with Gasteiger partial charge in [-0.3, -0.25) is 4.79 Å². The van der Waals surface area contributed by atoms with E-state index in [2.05, 4.69) is 12.2 Å².